The number of urea groups is 1. The van der Waals surface area contributed by atoms with Gasteiger partial charge in [0.2, 0.25) is 0 Å². The van der Waals surface area contributed by atoms with Crippen molar-refractivity contribution in [2.75, 3.05) is 19.0 Å². The topological polar surface area (TPSA) is 74.7 Å². The van der Waals surface area contributed by atoms with Crippen LogP contribution in [0.4, 0.5) is 10.6 Å². The normalized spacial score (nSPS) is 18.2. The maximum absolute atomic E-state index is 12.5. The SMILES string of the molecule is COc1ccc(C(O)C2CCCN2C(=O)Nc2ccccn2)cc1. The van der Waals surface area contributed by atoms with Gasteiger partial charge in [0.15, 0.2) is 0 Å². The molecule has 1 saturated heterocycles. The fraction of sp³-hybridized carbons (Fsp3) is 0.333. The molecule has 1 fully saturated rings. The molecule has 126 valence electrons. The number of methoxy groups -OCH3 is 1. The first kappa shape index (κ1) is 16.3. The molecule has 6 heteroatoms. The molecule has 1 aromatic carbocycles. The van der Waals surface area contributed by atoms with Crippen LogP contribution in [0, 0.1) is 0 Å². The number of hydrogen-bond acceptors (Lipinski definition) is 4. The maximum Gasteiger partial charge on any atom is 0.323 e. The summed E-state index contributed by atoms with van der Waals surface area (Å²) in [6.45, 7) is 0.622. The fourth-order valence-electron chi connectivity index (χ4n) is 3.01. The summed E-state index contributed by atoms with van der Waals surface area (Å²) in [7, 11) is 1.60. The highest BCUT2D eigenvalue weighted by Crippen LogP contribution is 2.30. The fourth-order valence-corrected chi connectivity index (χ4v) is 3.01. The molecule has 1 aliphatic heterocycles. The van der Waals surface area contributed by atoms with Crippen molar-refractivity contribution in [2.24, 2.45) is 0 Å². The summed E-state index contributed by atoms with van der Waals surface area (Å²) in [4.78, 5) is 18.3. The molecule has 6 nitrogen and oxygen atoms in total. The van der Waals surface area contributed by atoms with Crippen LogP contribution in [0.3, 0.4) is 0 Å². The Kier molecular flexibility index (Phi) is 4.96. The second-order valence-corrected chi connectivity index (χ2v) is 5.77. The number of benzene rings is 1. The summed E-state index contributed by atoms with van der Waals surface area (Å²) >= 11 is 0. The van der Waals surface area contributed by atoms with Crippen LogP contribution in [0.5, 0.6) is 5.75 Å². The molecule has 0 saturated carbocycles. The molecular formula is C18H21N3O3. The Labute approximate surface area is 141 Å². The van der Waals surface area contributed by atoms with Crippen molar-refractivity contribution in [3.8, 4) is 5.75 Å². The lowest BCUT2D eigenvalue weighted by atomic mass is 10.0. The Balaban J connectivity index is 1.70. The molecule has 2 amide bonds. The van der Waals surface area contributed by atoms with Gasteiger partial charge in [0.1, 0.15) is 11.6 Å². The lowest BCUT2D eigenvalue weighted by molar-refractivity contribution is 0.0891. The van der Waals surface area contributed by atoms with E-state index in [0.29, 0.717) is 12.4 Å². The Morgan fingerprint density at radius 1 is 1.33 bits per heavy atom. The van der Waals surface area contributed by atoms with Crippen LogP contribution in [0.2, 0.25) is 0 Å². The van der Waals surface area contributed by atoms with Gasteiger partial charge in [-0.15, -0.1) is 0 Å². The predicted octanol–water partition coefficient (Wildman–Crippen LogP) is 2.82. The third kappa shape index (κ3) is 3.49. The van der Waals surface area contributed by atoms with Crippen LogP contribution in [-0.4, -0.2) is 40.7 Å². The Morgan fingerprint density at radius 2 is 2.12 bits per heavy atom. The number of nitrogens with zero attached hydrogens (tertiary/aromatic N) is 2. The summed E-state index contributed by atoms with van der Waals surface area (Å²) in [5.74, 6) is 1.24. The Morgan fingerprint density at radius 3 is 2.79 bits per heavy atom. The second-order valence-electron chi connectivity index (χ2n) is 5.77. The Bertz CT molecular complexity index is 676. The molecule has 3 rings (SSSR count). The van der Waals surface area contributed by atoms with Crippen LogP contribution in [0.25, 0.3) is 0 Å². The molecule has 0 radical (unpaired) electrons. The van der Waals surface area contributed by atoms with Gasteiger partial charge in [-0.1, -0.05) is 18.2 Å². The molecule has 2 heterocycles. The van der Waals surface area contributed by atoms with E-state index in [9.17, 15) is 9.90 Å². The molecule has 1 aliphatic rings. The molecule has 2 unspecified atom stereocenters. The average Bonchev–Trinajstić information content (AvgIpc) is 3.12. The van der Waals surface area contributed by atoms with Crippen molar-refractivity contribution in [1.29, 1.82) is 0 Å². The van der Waals surface area contributed by atoms with E-state index in [4.69, 9.17) is 4.74 Å². The number of aliphatic hydroxyl groups is 1. The summed E-state index contributed by atoms with van der Waals surface area (Å²) in [6.07, 6.45) is 2.53. The van der Waals surface area contributed by atoms with Gasteiger partial charge in [-0.2, -0.15) is 0 Å². The van der Waals surface area contributed by atoms with Gasteiger partial charge in [0.25, 0.3) is 0 Å². The van der Waals surface area contributed by atoms with E-state index in [1.165, 1.54) is 0 Å². The van der Waals surface area contributed by atoms with Crippen LogP contribution in [0.1, 0.15) is 24.5 Å². The van der Waals surface area contributed by atoms with Crippen molar-refractivity contribution >= 4 is 11.8 Å². The first-order valence-corrected chi connectivity index (χ1v) is 7.99. The number of rotatable bonds is 4. The number of carbonyl (C=O) groups excluding carboxylic acids is 1. The number of nitrogens with one attached hydrogen (secondary N) is 1. The third-order valence-electron chi connectivity index (χ3n) is 4.28. The number of aromatic nitrogens is 1. The first-order valence-electron chi connectivity index (χ1n) is 7.99. The number of anilines is 1. The van der Waals surface area contributed by atoms with Gasteiger partial charge in [-0.3, -0.25) is 5.32 Å². The minimum Gasteiger partial charge on any atom is -0.497 e. The smallest absolute Gasteiger partial charge is 0.323 e. The minimum absolute atomic E-state index is 0.233. The van der Waals surface area contributed by atoms with Gasteiger partial charge < -0.3 is 14.7 Å². The molecule has 2 N–H and O–H groups in total. The van der Waals surface area contributed by atoms with E-state index < -0.39 is 6.10 Å². The summed E-state index contributed by atoms with van der Waals surface area (Å²) in [5, 5.41) is 13.5. The van der Waals surface area contributed by atoms with Crippen molar-refractivity contribution in [1.82, 2.24) is 9.88 Å². The van der Waals surface area contributed by atoms with Crippen molar-refractivity contribution in [3.05, 3.63) is 54.2 Å². The number of hydrogen-bond donors (Lipinski definition) is 2. The second kappa shape index (κ2) is 7.31. The van der Waals surface area contributed by atoms with Gasteiger partial charge >= 0.3 is 6.03 Å². The zero-order valence-corrected chi connectivity index (χ0v) is 13.6. The molecular weight excluding hydrogens is 306 g/mol. The highest BCUT2D eigenvalue weighted by Gasteiger charge is 2.34. The standard InChI is InChI=1S/C18H21N3O3/c1-24-14-9-7-13(8-10-14)17(22)15-5-4-12-21(15)18(23)20-16-6-2-3-11-19-16/h2-3,6-11,15,17,22H,4-5,12H2,1H3,(H,19,20,23). The van der Waals surface area contributed by atoms with E-state index in [0.717, 1.165) is 24.2 Å². The van der Waals surface area contributed by atoms with E-state index in [1.807, 2.05) is 30.3 Å². The molecule has 24 heavy (non-hydrogen) atoms. The first-order chi connectivity index (χ1) is 11.7. The number of amides is 2. The molecule has 1 aromatic heterocycles. The largest absolute Gasteiger partial charge is 0.497 e. The average molecular weight is 327 g/mol. The quantitative estimate of drug-likeness (QED) is 0.905. The number of likely N-dealkylation sites (tertiary alicyclic amines) is 1. The van der Waals surface area contributed by atoms with Gasteiger partial charge in [-0.25, -0.2) is 9.78 Å². The molecule has 0 aliphatic carbocycles. The highest BCUT2D eigenvalue weighted by atomic mass is 16.5. The number of carbonyl (C=O) groups is 1. The molecule has 2 atom stereocenters. The van der Waals surface area contributed by atoms with Gasteiger partial charge in [-0.05, 0) is 42.7 Å². The lowest BCUT2D eigenvalue weighted by Gasteiger charge is -2.29. The van der Waals surface area contributed by atoms with Crippen LogP contribution in [-0.2, 0) is 0 Å². The monoisotopic (exact) mass is 327 g/mol. The van der Waals surface area contributed by atoms with Gasteiger partial charge in [0, 0.05) is 12.7 Å². The summed E-state index contributed by atoms with van der Waals surface area (Å²) < 4.78 is 5.14. The minimum atomic E-state index is -0.729. The lowest BCUT2D eigenvalue weighted by Crippen LogP contribution is -2.41. The van der Waals surface area contributed by atoms with E-state index in [-0.39, 0.29) is 12.1 Å². The number of aliphatic hydroxyl groups excluding tert-OH is 1. The molecule has 0 spiro atoms. The van der Waals surface area contributed by atoms with Crippen LogP contribution >= 0.6 is 0 Å². The van der Waals surface area contributed by atoms with E-state index >= 15 is 0 Å². The predicted molar refractivity (Wildman–Crippen MR) is 90.9 cm³/mol. The highest BCUT2D eigenvalue weighted by molar-refractivity contribution is 5.88. The summed E-state index contributed by atoms with van der Waals surface area (Å²) in [6, 6.07) is 12.2. The van der Waals surface area contributed by atoms with Crippen LogP contribution < -0.4 is 10.1 Å². The number of ether oxygens (including phenoxy) is 1. The zero-order chi connectivity index (χ0) is 16.9. The van der Waals surface area contributed by atoms with Crippen molar-refractivity contribution in [2.45, 2.75) is 25.0 Å². The summed E-state index contributed by atoms with van der Waals surface area (Å²) in [5.41, 5.74) is 0.776. The Hall–Kier alpha value is -2.60. The van der Waals surface area contributed by atoms with E-state index in [1.54, 1.807) is 30.3 Å². The van der Waals surface area contributed by atoms with E-state index in [2.05, 4.69) is 10.3 Å². The van der Waals surface area contributed by atoms with Gasteiger partial charge in [0.05, 0.1) is 19.3 Å². The molecule has 0 bridgehead atoms. The molecule has 2 aromatic rings. The number of pyridine rings is 1. The van der Waals surface area contributed by atoms with Crippen molar-refractivity contribution in [3.63, 3.8) is 0 Å². The van der Waals surface area contributed by atoms with Crippen molar-refractivity contribution < 1.29 is 14.6 Å². The third-order valence-corrected chi connectivity index (χ3v) is 4.28. The maximum atomic E-state index is 12.5. The zero-order valence-electron chi connectivity index (χ0n) is 13.6. The van der Waals surface area contributed by atoms with Crippen LogP contribution in [0.15, 0.2) is 48.7 Å².